The molecule has 3 saturated heterocycles. The molecule has 0 aromatic carbocycles. The summed E-state index contributed by atoms with van der Waals surface area (Å²) in [5.74, 6) is 0. The molecule has 0 aromatic rings. The van der Waals surface area contributed by atoms with Crippen molar-refractivity contribution in [2.45, 2.75) is 50.6 Å². The third kappa shape index (κ3) is 3.01. The molecule has 0 aromatic heterocycles. The molecule has 17 heavy (non-hydrogen) atoms. The zero-order chi connectivity index (χ0) is 11.5. The molecule has 0 radical (unpaired) electrons. The predicted octanol–water partition coefficient (Wildman–Crippen LogP) is 1.30. The van der Waals surface area contributed by atoms with Crippen LogP contribution in [0, 0.1) is 0 Å². The van der Waals surface area contributed by atoms with E-state index in [-0.39, 0.29) is 0 Å². The number of fused-ring (bicyclic) bond motifs is 1. The summed E-state index contributed by atoms with van der Waals surface area (Å²) < 4.78 is 0. The third-order valence-electron chi connectivity index (χ3n) is 4.86. The van der Waals surface area contributed by atoms with Gasteiger partial charge in [-0.25, -0.2) is 0 Å². The molecule has 3 aliphatic rings. The highest BCUT2D eigenvalue weighted by Crippen LogP contribution is 2.21. The van der Waals surface area contributed by atoms with Crippen LogP contribution in [-0.2, 0) is 0 Å². The van der Waals surface area contributed by atoms with Gasteiger partial charge < -0.3 is 10.2 Å². The quantitative estimate of drug-likeness (QED) is 0.795. The summed E-state index contributed by atoms with van der Waals surface area (Å²) in [4.78, 5) is 5.41. The number of rotatable bonds is 4. The molecule has 3 fully saturated rings. The monoisotopic (exact) mass is 237 g/mol. The van der Waals surface area contributed by atoms with Crippen LogP contribution in [0.2, 0.25) is 0 Å². The van der Waals surface area contributed by atoms with Crippen molar-refractivity contribution < 1.29 is 0 Å². The third-order valence-corrected chi connectivity index (χ3v) is 4.86. The minimum atomic E-state index is 0.836. The number of nitrogens with one attached hydrogen (secondary N) is 1. The number of hydrogen-bond donors (Lipinski definition) is 1. The van der Waals surface area contributed by atoms with Crippen LogP contribution in [0.25, 0.3) is 0 Å². The largest absolute Gasteiger partial charge is 0.314 e. The van der Waals surface area contributed by atoms with Gasteiger partial charge in [-0.2, -0.15) is 0 Å². The maximum atomic E-state index is 3.60. The van der Waals surface area contributed by atoms with E-state index in [0.29, 0.717) is 0 Å². The summed E-state index contributed by atoms with van der Waals surface area (Å²) >= 11 is 0. The van der Waals surface area contributed by atoms with Crippen LogP contribution in [0.3, 0.4) is 0 Å². The van der Waals surface area contributed by atoms with Gasteiger partial charge in [0.15, 0.2) is 0 Å². The molecule has 3 heterocycles. The molecule has 2 unspecified atom stereocenters. The van der Waals surface area contributed by atoms with Crippen molar-refractivity contribution in [3.8, 4) is 0 Å². The molecule has 3 rings (SSSR count). The molecular weight excluding hydrogens is 210 g/mol. The summed E-state index contributed by atoms with van der Waals surface area (Å²) in [5.41, 5.74) is 0. The second-order valence-electron chi connectivity index (χ2n) is 6.07. The highest BCUT2D eigenvalue weighted by Gasteiger charge is 2.30. The van der Waals surface area contributed by atoms with Gasteiger partial charge in [0.1, 0.15) is 0 Å². The van der Waals surface area contributed by atoms with Crippen molar-refractivity contribution in [3.05, 3.63) is 0 Å². The molecule has 0 bridgehead atoms. The van der Waals surface area contributed by atoms with Crippen molar-refractivity contribution >= 4 is 0 Å². The Morgan fingerprint density at radius 1 is 1.06 bits per heavy atom. The molecule has 3 nitrogen and oxygen atoms in total. The molecule has 0 amide bonds. The van der Waals surface area contributed by atoms with Crippen LogP contribution in [-0.4, -0.2) is 61.2 Å². The summed E-state index contributed by atoms with van der Waals surface area (Å²) in [5, 5.41) is 3.60. The highest BCUT2D eigenvalue weighted by atomic mass is 15.3. The minimum Gasteiger partial charge on any atom is -0.314 e. The van der Waals surface area contributed by atoms with E-state index < -0.39 is 0 Å². The van der Waals surface area contributed by atoms with Crippen molar-refractivity contribution in [3.63, 3.8) is 0 Å². The van der Waals surface area contributed by atoms with Crippen LogP contribution >= 0.6 is 0 Å². The lowest BCUT2D eigenvalue weighted by molar-refractivity contribution is 0.103. The first-order valence-corrected chi connectivity index (χ1v) is 7.61. The Morgan fingerprint density at radius 2 is 2.06 bits per heavy atom. The Morgan fingerprint density at radius 3 is 2.94 bits per heavy atom. The fraction of sp³-hybridized carbons (Fsp3) is 1.00. The van der Waals surface area contributed by atoms with E-state index in [4.69, 9.17) is 0 Å². The van der Waals surface area contributed by atoms with Crippen LogP contribution in [0.4, 0.5) is 0 Å². The average Bonchev–Trinajstić information content (AvgIpc) is 2.98. The van der Waals surface area contributed by atoms with Crippen molar-refractivity contribution in [1.82, 2.24) is 15.1 Å². The van der Waals surface area contributed by atoms with Gasteiger partial charge in [0.05, 0.1) is 0 Å². The molecule has 0 saturated carbocycles. The summed E-state index contributed by atoms with van der Waals surface area (Å²) in [6.45, 7) is 7.94. The molecule has 3 heteroatoms. The van der Waals surface area contributed by atoms with Gasteiger partial charge in [-0.1, -0.05) is 0 Å². The molecule has 1 N–H and O–H groups in total. The number of hydrogen-bond acceptors (Lipinski definition) is 3. The Bertz CT molecular complexity index is 238. The molecule has 2 atom stereocenters. The van der Waals surface area contributed by atoms with Gasteiger partial charge in [0.2, 0.25) is 0 Å². The molecule has 0 aliphatic carbocycles. The van der Waals surface area contributed by atoms with Crippen molar-refractivity contribution in [2.24, 2.45) is 0 Å². The Hall–Kier alpha value is -0.120. The lowest BCUT2D eigenvalue weighted by Crippen LogP contribution is -2.50. The van der Waals surface area contributed by atoms with E-state index >= 15 is 0 Å². The van der Waals surface area contributed by atoms with Gasteiger partial charge in [0.25, 0.3) is 0 Å². The van der Waals surface area contributed by atoms with Crippen LogP contribution in [0.15, 0.2) is 0 Å². The van der Waals surface area contributed by atoms with Gasteiger partial charge in [-0.15, -0.1) is 0 Å². The fourth-order valence-corrected chi connectivity index (χ4v) is 3.82. The number of nitrogens with zero attached hydrogens (tertiary/aromatic N) is 2. The van der Waals surface area contributed by atoms with Crippen LogP contribution in [0.1, 0.15) is 38.5 Å². The zero-order valence-corrected chi connectivity index (χ0v) is 11.0. The second-order valence-corrected chi connectivity index (χ2v) is 6.07. The summed E-state index contributed by atoms with van der Waals surface area (Å²) in [7, 11) is 0. The van der Waals surface area contributed by atoms with Crippen LogP contribution < -0.4 is 5.32 Å². The van der Waals surface area contributed by atoms with Gasteiger partial charge in [-0.3, -0.25) is 4.90 Å². The first-order valence-electron chi connectivity index (χ1n) is 7.61. The lowest BCUT2D eigenvalue weighted by atomic mass is 10.1. The Labute approximate surface area is 106 Å². The first kappa shape index (κ1) is 11.9. The minimum absolute atomic E-state index is 0.836. The van der Waals surface area contributed by atoms with E-state index in [1.807, 2.05) is 0 Å². The van der Waals surface area contributed by atoms with E-state index in [1.165, 1.54) is 77.8 Å². The lowest BCUT2D eigenvalue weighted by Gasteiger charge is -2.37. The van der Waals surface area contributed by atoms with Crippen molar-refractivity contribution in [2.75, 3.05) is 39.3 Å². The summed E-state index contributed by atoms with van der Waals surface area (Å²) in [6, 6.07) is 1.73. The molecule has 0 spiro atoms. The average molecular weight is 237 g/mol. The SMILES string of the molecule is C1CNC(CCCN2CCN3CCCC3C2)C1. The van der Waals surface area contributed by atoms with Gasteiger partial charge in [-0.05, 0) is 58.2 Å². The van der Waals surface area contributed by atoms with E-state index in [9.17, 15) is 0 Å². The Balaban J connectivity index is 1.34. The standard InChI is InChI=1S/C14H27N3/c1-4-13(15-7-1)5-2-8-16-10-11-17-9-3-6-14(17)12-16/h13-15H,1-12H2. The van der Waals surface area contributed by atoms with E-state index in [1.54, 1.807) is 0 Å². The second kappa shape index (κ2) is 5.68. The molecule has 3 aliphatic heterocycles. The summed E-state index contributed by atoms with van der Waals surface area (Å²) in [6.07, 6.45) is 8.47. The topological polar surface area (TPSA) is 18.5 Å². The fourth-order valence-electron chi connectivity index (χ4n) is 3.82. The first-order chi connectivity index (χ1) is 8.42. The smallest absolute Gasteiger partial charge is 0.0224 e. The van der Waals surface area contributed by atoms with Gasteiger partial charge >= 0.3 is 0 Å². The number of piperazine rings is 1. The molecular formula is C14H27N3. The zero-order valence-electron chi connectivity index (χ0n) is 11.0. The predicted molar refractivity (Wildman–Crippen MR) is 71.3 cm³/mol. The van der Waals surface area contributed by atoms with E-state index in [2.05, 4.69) is 15.1 Å². The van der Waals surface area contributed by atoms with Crippen LogP contribution in [0.5, 0.6) is 0 Å². The Kier molecular flexibility index (Phi) is 3.99. The van der Waals surface area contributed by atoms with E-state index in [0.717, 1.165) is 12.1 Å². The molecule has 98 valence electrons. The normalized spacial score (nSPS) is 35.3. The highest BCUT2D eigenvalue weighted by molar-refractivity contribution is 4.87. The van der Waals surface area contributed by atoms with Crippen molar-refractivity contribution in [1.29, 1.82) is 0 Å². The maximum absolute atomic E-state index is 3.60. The van der Waals surface area contributed by atoms with Gasteiger partial charge in [0, 0.05) is 31.7 Å². The maximum Gasteiger partial charge on any atom is 0.0224 e.